The second-order valence-corrected chi connectivity index (χ2v) is 5.92. The zero-order valence-corrected chi connectivity index (χ0v) is 10.9. The van der Waals surface area contributed by atoms with E-state index in [0.717, 1.165) is 38.8 Å². The molecule has 2 heterocycles. The number of imide groups is 1. The van der Waals surface area contributed by atoms with E-state index in [2.05, 4.69) is 4.90 Å². The van der Waals surface area contributed by atoms with Crippen LogP contribution in [0, 0.1) is 11.8 Å². The van der Waals surface area contributed by atoms with E-state index in [4.69, 9.17) is 0 Å². The van der Waals surface area contributed by atoms with Gasteiger partial charge in [-0.25, -0.2) is 0 Å². The molecule has 4 heteroatoms. The lowest BCUT2D eigenvalue weighted by Gasteiger charge is -2.29. The SMILES string of the molecule is O=C1C2CCCCC2C(=O)N1CN1CCCCC1. The molecule has 0 spiro atoms. The van der Waals surface area contributed by atoms with E-state index in [1.165, 1.54) is 19.3 Å². The maximum atomic E-state index is 12.3. The molecule has 2 amide bonds. The van der Waals surface area contributed by atoms with Crippen molar-refractivity contribution >= 4 is 11.8 Å². The number of hydrogen-bond acceptors (Lipinski definition) is 3. The third-order valence-electron chi connectivity index (χ3n) is 4.72. The Hall–Kier alpha value is -0.900. The maximum Gasteiger partial charge on any atom is 0.234 e. The highest BCUT2D eigenvalue weighted by molar-refractivity contribution is 6.05. The largest absolute Gasteiger partial charge is 0.286 e. The molecular formula is C14H22N2O2. The molecule has 1 aliphatic carbocycles. The molecule has 0 aromatic heterocycles. The maximum absolute atomic E-state index is 12.3. The number of fused-ring (bicyclic) bond motifs is 1. The molecular weight excluding hydrogens is 228 g/mol. The lowest BCUT2D eigenvalue weighted by atomic mass is 9.81. The number of piperidine rings is 1. The molecule has 4 nitrogen and oxygen atoms in total. The quantitative estimate of drug-likeness (QED) is 0.699. The van der Waals surface area contributed by atoms with Crippen LogP contribution in [0.5, 0.6) is 0 Å². The van der Waals surface area contributed by atoms with E-state index in [0.29, 0.717) is 6.67 Å². The number of carbonyl (C=O) groups is 2. The molecule has 2 aliphatic heterocycles. The van der Waals surface area contributed by atoms with Crippen LogP contribution < -0.4 is 0 Å². The lowest BCUT2D eigenvalue weighted by molar-refractivity contribution is -0.142. The number of carbonyl (C=O) groups excluding carboxylic acids is 2. The van der Waals surface area contributed by atoms with E-state index in [1.807, 2.05) is 0 Å². The summed E-state index contributed by atoms with van der Waals surface area (Å²) in [7, 11) is 0. The zero-order chi connectivity index (χ0) is 12.5. The van der Waals surface area contributed by atoms with Gasteiger partial charge in [0.1, 0.15) is 0 Å². The predicted molar refractivity (Wildman–Crippen MR) is 67.6 cm³/mol. The van der Waals surface area contributed by atoms with E-state index >= 15 is 0 Å². The Morgan fingerprint density at radius 1 is 0.833 bits per heavy atom. The average Bonchev–Trinajstić information content (AvgIpc) is 2.66. The van der Waals surface area contributed by atoms with Gasteiger partial charge in [0.15, 0.2) is 0 Å². The molecule has 0 aromatic rings. The minimum absolute atomic E-state index is 0.0102. The molecule has 2 saturated heterocycles. The van der Waals surface area contributed by atoms with E-state index in [9.17, 15) is 9.59 Å². The van der Waals surface area contributed by atoms with Crippen LogP contribution in [0.3, 0.4) is 0 Å². The fourth-order valence-electron chi connectivity index (χ4n) is 3.67. The summed E-state index contributed by atoms with van der Waals surface area (Å²) in [5.41, 5.74) is 0. The fraction of sp³-hybridized carbons (Fsp3) is 0.857. The number of amides is 2. The summed E-state index contributed by atoms with van der Waals surface area (Å²) in [6.07, 6.45) is 7.74. The summed E-state index contributed by atoms with van der Waals surface area (Å²) < 4.78 is 0. The van der Waals surface area contributed by atoms with Crippen molar-refractivity contribution in [1.29, 1.82) is 0 Å². The van der Waals surface area contributed by atoms with Crippen molar-refractivity contribution in [3.63, 3.8) is 0 Å². The summed E-state index contributed by atoms with van der Waals surface area (Å²) in [6.45, 7) is 2.61. The highest BCUT2D eigenvalue weighted by atomic mass is 16.2. The summed E-state index contributed by atoms with van der Waals surface area (Å²) in [4.78, 5) is 28.4. The van der Waals surface area contributed by atoms with Gasteiger partial charge in [0, 0.05) is 0 Å². The van der Waals surface area contributed by atoms with Gasteiger partial charge in [-0.3, -0.25) is 19.4 Å². The van der Waals surface area contributed by atoms with Crippen LogP contribution in [0.1, 0.15) is 44.9 Å². The fourth-order valence-corrected chi connectivity index (χ4v) is 3.67. The predicted octanol–water partition coefficient (Wildman–Crippen LogP) is 1.60. The summed E-state index contributed by atoms with van der Waals surface area (Å²) in [5.74, 6) is 0.234. The second-order valence-electron chi connectivity index (χ2n) is 5.92. The summed E-state index contributed by atoms with van der Waals surface area (Å²) in [5, 5.41) is 0. The van der Waals surface area contributed by atoms with Gasteiger partial charge < -0.3 is 0 Å². The number of hydrogen-bond donors (Lipinski definition) is 0. The molecule has 3 rings (SSSR count). The molecule has 2 atom stereocenters. The standard InChI is InChI=1S/C14H22N2O2/c17-13-11-6-2-3-7-12(11)14(18)16(13)10-15-8-4-1-5-9-15/h11-12H,1-10H2. The van der Waals surface area contributed by atoms with Crippen LogP contribution >= 0.6 is 0 Å². The number of rotatable bonds is 2. The van der Waals surface area contributed by atoms with Crippen molar-refractivity contribution in [1.82, 2.24) is 9.80 Å². The topological polar surface area (TPSA) is 40.6 Å². The lowest BCUT2D eigenvalue weighted by Crippen LogP contribution is -2.43. The first-order valence-electron chi connectivity index (χ1n) is 7.35. The molecule has 3 fully saturated rings. The first-order valence-corrected chi connectivity index (χ1v) is 7.35. The van der Waals surface area contributed by atoms with Crippen molar-refractivity contribution < 1.29 is 9.59 Å². The average molecular weight is 250 g/mol. The van der Waals surface area contributed by atoms with Crippen LogP contribution in [0.2, 0.25) is 0 Å². The minimum Gasteiger partial charge on any atom is -0.286 e. The van der Waals surface area contributed by atoms with Crippen LogP contribution in [0.4, 0.5) is 0 Å². The van der Waals surface area contributed by atoms with E-state index in [1.54, 1.807) is 4.90 Å². The van der Waals surface area contributed by atoms with Crippen LogP contribution in [0.15, 0.2) is 0 Å². The molecule has 3 aliphatic rings. The van der Waals surface area contributed by atoms with Crippen molar-refractivity contribution in [3.05, 3.63) is 0 Å². The third-order valence-corrected chi connectivity index (χ3v) is 4.72. The second kappa shape index (κ2) is 5.00. The van der Waals surface area contributed by atoms with Crippen LogP contribution in [-0.4, -0.2) is 41.4 Å². The van der Waals surface area contributed by atoms with Gasteiger partial charge in [-0.1, -0.05) is 19.3 Å². The van der Waals surface area contributed by atoms with Crippen molar-refractivity contribution in [3.8, 4) is 0 Å². The Morgan fingerprint density at radius 3 is 1.94 bits per heavy atom. The van der Waals surface area contributed by atoms with E-state index < -0.39 is 0 Å². The Balaban J connectivity index is 1.68. The summed E-state index contributed by atoms with van der Waals surface area (Å²) >= 11 is 0. The van der Waals surface area contributed by atoms with Crippen molar-refractivity contribution in [2.75, 3.05) is 19.8 Å². The molecule has 0 radical (unpaired) electrons. The third kappa shape index (κ3) is 2.07. The van der Waals surface area contributed by atoms with Gasteiger partial charge in [-0.05, 0) is 38.8 Å². The van der Waals surface area contributed by atoms with E-state index in [-0.39, 0.29) is 23.7 Å². The van der Waals surface area contributed by atoms with Crippen molar-refractivity contribution in [2.24, 2.45) is 11.8 Å². The molecule has 0 aromatic carbocycles. The molecule has 100 valence electrons. The van der Waals surface area contributed by atoms with Gasteiger partial charge in [0.25, 0.3) is 0 Å². The zero-order valence-electron chi connectivity index (χ0n) is 10.9. The molecule has 18 heavy (non-hydrogen) atoms. The van der Waals surface area contributed by atoms with Crippen LogP contribution in [-0.2, 0) is 9.59 Å². The van der Waals surface area contributed by atoms with Gasteiger partial charge in [0.05, 0.1) is 18.5 Å². The van der Waals surface area contributed by atoms with Crippen molar-refractivity contribution in [2.45, 2.75) is 44.9 Å². The summed E-state index contributed by atoms with van der Waals surface area (Å²) in [6, 6.07) is 0. The van der Waals surface area contributed by atoms with Gasteiger partial charge in [-0.15, -0.1) is 0 Å². The minimum atomic E-state index is 0.0102. The number of likely N-dealkylation sites (tertiary alicyclic amines) is 2. The number of nitrogens with zero attached hydrogens (tertiary/aromatic N) is 2. The highest BCUT2D eigenvalue weighted by Gasteiger charge is 2.48. The first kappa shape index (κ1) is 12.2. The molecule has 1 saturated carbocycles. The Morgan fingerprint density at radius 2 is 1.39 bits per heavy atom. The smallest absolute Gasteiger partial charge is 0.234 e. The van der Waals surface area contributed by atoms with Gasteiger partial charge >= 0.3 is 0 Å². The normalized spacial score (nSPS) is 33.9. The Kier molecular flexibility index (Phi) is 3.37. The van der Waals surface area contributed by atoms with Crippen LogP contribution in [0.25, 0.3) is 0 Å². The molecule has 0 bridgehead atoms. The molecule has 0 N–H and O–H groups in total. The highest BCUT2D eigenvalue weighted by Crippen LogP contribution is 2.38. The molecule has 2 unspecified atom stereocenters. The Bertz CT molecular complexity index is 326. The Labute approximate surface area is 108 Å². The van der Waals surface area contributed by atoms with Gasteiger partial charge in [-0.2, -0.15) is 0 Å². The first-order chi connectivity index (χ1) is 8.77. The monoisotopic (exact) mass is 250 g/mol. The van der Waals surface area contributed by atoms with Gasteiger partial charge in [0.2, 0.25) is 11.8 Å².